The zero-order valence-corrected chi connectivity index (χ0v) is 20.7. The van der Waals surface area contributed by atoms with Gasteiger partial charge in [0.25, 0.3) is 0 Å². The maximum atomic E-state index is 13.1. The number of halogens is 3. The van der Waals surface area contributed by atoms with Crippen LogP contribution in [0.15, 0.2) is 0 Å². The fraction of sp³-hybridized carbons (Fsp3) is 0.957. The van der Waals surface area contributed by atoms with E-state index < -0.39 is 20.8 Å². The number of carbonyl (C=O) groups is 1. The molecule has 3 nitrogen and oxygen atoms in total. The molecule has 2 bridgehead atoms. The molecule has 0 aromatic heterocycles. The lowest BCUT2D eigenvalue weighted by Gasteiger charge is -2.60. The maximum Gasteiger partial charge on any atom is 0.338 e. The molecule has 3 aliphatic carbocycles. The van der Waals surface area contributed by atoms with Gasteiger partial charge in [-0.25, -0.2) is 4.79 Å². The highest BCUT2D eigenvalue weighted by Gasteiger charge is 2.63. The van der Waals surface area contributed by atoms with E-state index in [9.17, 15) is 9.90 Å². The summed E-state index contributed by atoms with van der Waals surface area (Å²) in [6.45, 7) is 11.3. The lowest BCUT2D eigenvalue weighted by Crippen LogP contribution is -2.62. The second kappa shape index (κ2) is 8.01. The van der Waals surface area contributed by atoms with E-state index in [0.29, 0.717) is 35.5 Å². The number of alkyl halides is 3. The predicted molar refractivity (Wildman–Crippen MR) is 119 cm³/mol. The quantitative estimate of drug-likeness (QED) is 0.369. The van der Waals surface area contributed by atoms with Gasteiger partial charge in [-0.15, -0.1) is 0 Å². The summed E-state index contributed by atoms with van der Waals surface area (Å²) in [5.74, 6) is 2.02. The highest BCUT2D eigenvalue weighted by molar-refractivity contribution is 6.67. The highest BCUT2D eigenvalue weighted by Crippen LogP contribution is 2.62. The third-order valence-corrected chi connectivity index (χ3v) is 9.62. The zero-order chi connectivity index (χ0) is 21.8. The van der Waals surface area contributed by atoms with Gasteiger partial charge in [0.15, 0.2) is 5.60 Å². The minimum Gasteiger partial charge on any atom is -0.459 e. The molecule has 0 saturated heterocycles. The Labute approximate surface area is 191 Å². The van der Waals surface area contributed by atoms with Crippen LogP contribution in [0.2, 0.25) is 0 Å². The average molecular weight is 468 g/mol. The number of esters is 1. The molecule has 0 amide bonds. The molecule has 6 heteroatoms. The Bertz CT molecular complexity index is 631. The second-order valence-electron chi connectivity index (χ2n) is 11.0. The first kappa shape index (κ1) is 24.0. The zero-order valence-electron chi connectivity index (χ0n) is 18.4. The summed E-state index contributed by atoms with van der Waals surface area (Å²) in [6, 6.07) is 0. The molecule has 1 N–H and O–H groups in total. The minimum atomic E-state index is -1.67. The SMILES string of the molecule is C[C@@H]1CCC(O)(C(=O)OCC(Cl)(Cl)Cl)[C@@]2(C)CC[C@H]3[C@H](C)CC[C@@H](C[C@H]12)C3(C)C. The first-order valence-corrected chi connectivity index (χ1v) is 12.3. The molecule has 7 atom stereocenters. The van der Waals surface area contributed by atoms with Gasteiger partial charge in [-0.3, -0.25) is 0 Å². The first-order chi connectivity index (χ1) is 13.2. The number of hydrogen-bond donors (Lipinski definition) is 1. The Morgan fingerprint density at radius 3 is 2.24 bits per heavy atom. The van der Waals surface area contributed by atoms with Crippen LogP contribution in [-0.2, 0) is 9.53 Å². The Kier molecular flexibility index (Phi) is 6.62. The van der Waals surface area contributed by atoms with Crippen molar-refractivity contribution in [2.45, 2.75) is 89.0 Å². The Balaban J connectivity index is 1.94. The maximum absolute atomic E-state index is 13.1. The molecule has 0 aromatic carbocycles. The van der Waals surface area contributed by atoms with E-state index in [2.05, 4.69) is 34.6 Å². The van der Waals surface area contributed by atoms with Gasteiger partial charge >= 0.3 is 5.97 Å². The molecule has 0 radical (unpaired) electrons. The Hall–Kier alpha value is 0.300. The van der Waals surface area contributed by atoms with Crippen LogP contribution in [0.25, 0.3) is 0 Å². The predicted octanol–water partition coefficient (Wildman–Crippen LogP) is 6.56. The molecule has 3 fully saturated rings. The number of rotatable bonds is 2. The van der Waals surface area contributed by atoms with Crippen LogP contribution in [0.5, 0.6) is 0 Å². The summed E-state index contributed by atoms with van der Waals surface area (Å²) >= 11 is 17.4. The fourth-order valence-electron chi connectivity index (χ4n) is 7.26. The molecular weight excluding hydrogens is 431 g/mol. The van der Waals surface area contributed by atoms with Crippen molar-refractivity contribution in [1.29, 1.82) is 0 Å². The van der Waals surface area contributed by atoms with Gasteiger partial charge in [0, 0.05) is 5.41 Å². The van der Waals surface area contributed by atoms with E-state index >= 15 is 0 Å². The van der Waals surface area contributed by atoms with E-state index in [1.165, 1.54) is 12.8 Å². The summed E-state index contributed by atoms with van der Waals surface area (Å²) in [7, 11) is 0. The van der Waals surface area contributed by atoms with Crippen molar-refractivity contribution in [2.75, 3.05) is 6.61 Å². The molecule has 0 aliphatic heterocycles. The van der Waals surface area contributed by atoms with Gasteiger partial charge in [-0.2, -0.15) is 0 Å². The van der Waals surface area contributed by atoms with Crippen molar-refractivity contribution in [2.24, 2.45) is 40.4 Å². The lowest BCUT2D eigenvalue weighted by atomic mass is 9.45. The molecule has 0 spiro atoms. The normalized spacial score (nSPS) is 44.9. The van der Waals surface area contributed by atoms with Gasteiger partial charge in [-0.05, 0) is 73.5 Å². The topological polar surface area (TPSA) is 46.5 Å². The van der Waals surface area contributed by atoms with Gasteiger partial charge in [0.1, 0.15) is 6.61 Å². The summed E-state index contributed by atoms with van der Waals surface area (Å²) < 4.78 is 3.67. The molecule has 3 rings (SSSR count). The molecule has 0 heterocycles. The molecule has 168 valence electrons. The largest absolute Gasteiger partial charge is 0.459 e. The average Bonchev–Trinajstić information content (AvgIpc) is 2.60. The molecule has 0 aromatic rings. The summed E-state index contributed by atoms with van der Waals surface area (Å²) in [6.07, 6.45) is 6.66. The van der Waals surface area contributed by atoms with E-state index in [0.717, 1.165) is 25.7 Å². The van der Waals surface area contributed by atoms with E-state index in [1.54, 1.807) is 0 Å². The van der Waals surface area contributed by atoms with E-state index in [4.69, 9.17) is 39.5 Å². The standard InChI is InChI=1S/C23H37Cl3O3/c1-14-6-7-16-12-18-15(2)8-11-22(28,19(27)29-13-23(24,25)26)21(18,5)10-9-17(14)20(16,3)4/h14-18,28H,6-13H2,1-5H3/t14-,15-,16+,17+,18-,21+,22?/m1/s1. The third kappa shape index (κ3) is 4.20. The lowest BCUT2D eigenvalue weighted by molar-refractivity contribution is -0.211. The Morgan fingerprint density at radius 2 is 1.62 bits per heavy atom. The molecule has 29 heavy (non-hydrogen) atoms. The van der Waals surface area contributed by atoms with Crippen molar-refractivity contribution in [3.05, 3.63) is 0 Å². The van der Waals surface area contributed by atoms with Crippen LogP contribution in [0.1, 0.15) is 79.6 Å². The number of carbonyl (C=O) groups excluding carboxylic acids is 1. The van der Waals surface area contributed by atoms with Crippen LogP contribution < -0.4 is 0 Å². The van der Waals surface area contributed by atoms with Crippen molar-refractivity contribution < 1.29 is 14.6 Å². The number of ether oxygens (including phenoxy) is 1. The molecule has 3 saturated carbocycles. The van der Waals surface area contributed by atoms with Crippen molar-refractivity contribution >= 4 is 40.8 Å². The van der Waals surface area contributed by atoms with Crippen molar-refractivity contribution in [1.82, 2.24) is 0 Å². The molecule has 1 unspecified atom stereocenters. The summed E-state index contributed by atoms with van der Waals surface area (Å²) in [5.41, 5.74) is -1.76. The van der Waals surface area contributed by atoms with Crippen molar-refractivity contribution in [3.63, 3.8) is 0 Å². The minimum absolute atomic E-state index is 0.278. The summed E-state index contributed by atoms with van der Waals surface area (Å²) in [4.78, 5) is 13.1. The fourth-order valence-corrected chi connectivity index (χ4v) is 7.42. The smallest absolute Gasteiger partial charge is 0.338 e. The van der Waals surface area contributed by atoms with Gasteiger partial charge in [-0.1, -0.05) is 75.8 Å². The third-order valence-electron chi connectivity index (χ3n) is 9.29. The van der Waals surface area contributed by atoms with Crippen LogP contribution in [0.3, 0.4) is 0 Å². The van der Waals surface area contributed by atoms with Gasteiger partial charge in [0.2, 0.25) is 3.79 Å². The van der Waals surface area contributed by atoms with E-state index in [1.807, 2.05) is 0 Å². The van der Waals surface area contributed by atoms with Gasteiger partial charge in [0.05, 0.1) is 0 Å². The number of hydrogen-bond acceptors (Lipinski definition) is 3. The molecule has 3 aliphatic rings. The first-order valence-electron chi connectivity index (χ1n) is 11.2. The van der Waals surface area contributed by atoms with Crippen LogP contribution >= 0.6 is 34.8 Å². The van der Waals surface area contributed by atoms with Crippen LogP contribution in [-0.4, -0.2) is 27.1 Å². The van der Waals surface area contributed by atoms with Gasteiger partial charge < -0.3 is 9.84 Å². The number of fused-ring (bicyclic) bond motifs is 3. The molecular formula is C23H37Cl3O3. The monoisotopic (exact) mass is 466 g/mol. The van der Waals surface area contributed by atoms with E-state index in [-0.39, 0.29) is 12.5 Å². The highest BCUT2D eigenvalue weighted by atomic mass is 35.6. The second-order valence-corrected chi connectivity index (χ2v) is 13.6. The summed E-state index contributed by atoms with van der Waals surface area (Å²) in [5, 5.41) is 11.8. The van der Waals surface area contributed by atoms with Crippen LogP contribution in [0.4, 0.5) is 0 Å². The van der Waals surface area contributed by atoms with Crippen molar-refractivity contribution in [3.8, 4) is 0 Å². The Morgan fingerprint density at radius 1 is 1.00 bits per heavy atom. The van der Waals surface area contributed by atoms with Crippen LogP contribution in [0, 0.1) is 40.4 Å². The number of aliphatic hydroxyl groups is 1.